The van der Waals surface area contributed by atoms with E-state index >= 15 is 0 Å². The summed E-state index contributed by atoms with van der Waals surface area (Å²) in [6.07, 6.45) is 1.97. The molecule has 0 spiro atoms. The Morgan fingerprint density at radius 1 is 1.12 bits per heavy atom. The highest BCUT2D eigenvalue weighted by molar-refractivity contribution is 5.96. The maximum absolute atomic E-state index is 12.1. The maximum atomic E-state index is 12.1. The minimum atomic E-state index is 0.0428. The number of carbonyl (C=O) groups excluding carboxylic acids is 1. The molecule has 0 bridgehead atoms. The van der Waals surface area contributed by atoms with E-state index in [9.17, 15) is 4.79 Å². The molecule has 2 heteroatoms. The third-order valence-electron chi connectivity index (χ3n) is 2.97. The van der Waals surface area contributed by atoms with E-state index < -0.39 is 0 Å². The highest BCUT2D eigenvalue weighted by Crippen LogP contribution is 2.16. The zero-order valence-corrected chi connectivity index (χ0v) is 10.4. The SMILES string of the molecule is Cc1ccc(C)c(CC(=O)c2occc2C)c1. The quantitative estimate of drug-likeness (QED) is 0.751. The van der Waals surface area contributed by atoms with Crippen LogP contribution in [0.2, 0.25) is 0 Å². The molecule has 88 valence electrons. The zero-order valence-electron chi connectivity index (χ0n) is 10.4. The van der Waals surface area contributed by atoms with Crippen molar-refractivity contribution < 1.29 is 9.21 Å². The maximum Gasteiger partial charge on any atom is 0.202 e. The molecule has 0 atom stereocenters. The molecule has 2 nitrogen and oxygen atoms in total. The minimum absolute atomic E-state index is 0.0428. The van der Waals surface area contributed by atoms with Gasteiger partial charge in [0, 0.05) is 6.42 Å². The number of rotatable bonds is 3. The summed E-state index contributed by atoms with van der Waals surface area (Å²) in [6.45, 7) is 5.95. The summed E-state index contributed by atoms with van der Waals surface area (Å²) in [6, 6.07) is 7.98. The van der Waals surface area contributed by atoms with Crippen LogP contribution in [-0.2, 0) is 6.42 Å². The van der Waals surface area contributed by atoms with Crippen LogP contribution in [-0.4, -0.2) is 5.78 Å². The minimum Gasteiger partial charge on any atom is -0.461 e. The van der Waals surface area contributed by atoms with Crippen LogP contribution in [0.4, 0.5) is 0 Å². The van der Waals surface area contributed by atoms with Crippen molar-refractivity contribution in [3.05, 3.63) is 58.5 Å². The average molecular weight is 228 g/mol. The summed E-state index contributed by atoms with van der Waals surface area (Å²) >= 11 is 0. The smallest absolute Gasteiger partial charge is 0.202 e. The molecule has 0 saturated heterocycles. The third-order valence-corrected chi connectivity index (χ3v) is 2.97. The predicted octanol–water partition coefficient (Wildman–Crippen LogP) is 3.63. The first-order valence-corrected chi connectivity index (χ1v) is 5.71. The molecule has 0 fully saturated rings. The number of hydrogen-bond donors (Lipinski definition) is 0. The van der Waals surface area contributed by atoms with Crippen LogP contribution in [0.1, 0.15) is 32.8 Å². The summed E-state index contributed by atoms with van der Waals surface area (Å²) in [4.78, 5) is 12.1. The van der Waals surface area contributed by atoms with Gasteiger partial charge in [0.05, 0.1) is 6.26 Å². The highest BCUT2D eigenvalue weighted by atomic mass is 16.3. The summed E-state index contributed by atoms with van der Waals surface area (Å²) in [5.74, 6) is 0.520. The normalized spacial score (nSPS) is 10.5. The van der Waals surface area contributed by atoms with Crippen LogP contribution in [0.15, 0.2) is 34.9 Å². The van der Waals surface area contributed by atoms with Crippen molar-refractivity contribution in [3.8, 4) is 0 Å². The van der Waals surface area contributed by atoms with Crippen LogP contribution in [0.3, 0.4) is 0 Å². The van der Waals surface area contributed by atoms with Gasteiger partial charge < -0.3 is 4.42 Å². The Morgan fingerprint density at radius 3 is 2.53 bits per heavy atom. The standard InChI is InChI=1S/C15H16O2/c1-10-4-5-11(2)13(8-10)9-14(16)15-12(3)6-7-17-15/h4-8H,9H2,1-3H3. The molecule has 17 heavy (non-hydrogen) atoms. The Bertz CT molecular complexity index is 550. The number of hydrogen-bond acceptors (Lipinski definition) is 2. The van der Waals surface area contributed by atoms with Crippen molar-refractivity contribution >= 4 is 5.78 Å². The molecular weight excluding hydrogens is 212 g/mol. The van der Waals surface area contributed by atoms with Gasteiger partial charge in [0.2, 0.25) is 5.78 Å². The Morgan fingerprint density at radius 2 is 1.88 bits per heavy atom. The number of benzene rings is 1. The molecule has 2 rings (SSSR count). The molecular formula is C15H16O2. The summed E-state index contributed by atoms with van der Waals surface area (Å²) in [5, 5.41) is 0. The van der Waals surface area contributed by atoms with Crippen molar-refractivity contribution in [2.45, 2.75) is 27.2 Å². The molecule has 0 amide bonds. The first-order valence-electron chi connectivity index (χ1n) is 5.71. The lowest BCUT2D eigenvalue weighted by molar-refractivity contribution is 0.0965. The molecule has 0 aliphatic rings. The van der Waals surface area contributed by atoms with E-state index in [4.69, 9.17) is 4.42 Å². The molecule has 0 aliphatic carbocycles. The zero-order chi connectivity index (χ0) is 12.4. The summed E-state index contributed by atoms with van der Waals surface area (Å²) in [7, 11) is 0. The van der Waals surface area contributed by atoms with Crippen molar-refractivity contribution in [3.63, 3.8) is 0 Å². The van der Waals surface area contributed by atoms with E-state index in [2.05, 4.69) is 12.1 Å². The molecule has 1 aromatic carbocycles. The van der Waals surface area contributed by atoms with Gasteiger partial charge >= 0.3 is 0 Å². The van der Waals surface area contributed by atoms with E-state index in [-0.39, 0.29) is 5.78 Å². The average Bonchev–Trinajstić information content (AvgIpc) is 2.70. The second-order valence-electron chi connectivity index (χ2n) is 4.46. The third kappa shape index (κ3) is 2.47. The fraction of sp³-hybridized carbons (Fsp3) is 0.267. The first kappa shape index (κ1) is 11.6. The number of ketones is 1. The Labute approximate surface area is 101 Å². The van der Waals surface area contributed by atoms with E-state index in [0.717, 1.165) is 16.7 Å². The fourth-order valence-corrected chi connectivity index (χ4v) is 1.90. The molecule has 0 unspecified atom stereocenters. The van der Waals surface area contributed by atoms with Crippen LogP contribution in [0.5, 0.6) is 0 Å². The topological polar surface area (TPSA) is 30.2 Å². The number of furan rings is 1. The van der Waals surface area contributed by atoms with E-state index in [1.54, 1.807) is 6.26 Å². The van der Waals surface area contributed by atoms with Crippen LogP contribution in [0.25, 0.3) is 0 Å². The molecule has 0 saturated carbocycles. The van der Waals surface area contributed by atoms with Crippen molar-refractivity contribution in [2.24, 2.45) is 0 Å². The van der Waals surface area contributed by atoms with Gasteiger partial charge in [-0.15, -0.1) is 0 Å². The number of Topliss-reactive ketones (excluding diaryl/α,β-unsaturated/α-hetero) is 1. The molecule has 0 N–H and O–H groups in total. The van der Waals surface area contributed by atoms with Crippen molar-refractivity contribution in [1.82, 2.24) is 0 Å². The van der Waals surface area contributed by atoms with Crippen molar-refractivity contribution in [2.75, 3.05) is 0 Å². The number of aryl methyl sites for hydroxylation is 3. The lowest BCUT2D eigenvalue weighted by Gasteiger charge is -2.05. The van der Waals surface area contributed by atoms with Gasteiger partial charge in [0.25, 0.3) is 0 Å². The van der Waals surface area contributed by atoms with Gasteiger partial charge in [-0.25, -0.2) is 0 Å². The van der Waals surface area contributed by atoms with Gasteiger partial charge in [-0.1, -0.05) is 23.8 Å². The predicted molar refractivity (Wildman–Crippen MR) is 67.4 cm³/mol. The van der Waals surface area contributed by atoms with Gasteiger partial charge in [0.15, 0.2) is 5.76 Å². The summed E-state index contributed by atoms with van der Waals surface area (Å²) in [5.41, 5.74) is 4.30. The molecule has 1 heterocycles. The molecule has 0 aliphatic heterocycles. The molecule has 2 aromatic rings. The van der Waals surface area contributed by atoms with E-state index in [1.165, 1.54) is 5.56 Å². The second kappa shape index (κ2) is 4.58. The largest absolute Gasteiger partial charge is 0.461 e. The Hall–Kier alpha value is -1.83. The first-order chi connectivity index (χ1) is 8.08. The van der Waals surface area contributed by atoms with Gasteiger partial charge in [-0.05, 0) is 43.5 Å². The fourth-order valence-electron chi connectivity index (χ4n) is 1.90. The van der Waals surface area contributed by atoms with Crippen LogP contribution in [0, 0.1) is 20.8 Å². The Balaban J connectivity index is 2.24. The second-order valence-corrected chi connectivity index (χ2v) is 4.46. The molecule has 0 radical (unpaired) electrons. The lowest BCUT2D eigenvalue weighted by atomic mass is 9.99. The summed E-state index contributed by atoms with van der Waals surface area (Å²) < 4.78 is 5.22. The monoisotopic (exact) mass is 228 g/mol. The van der Waals surface area contributed by atoms with Crippen molar-refractivity contribution in [1.29, 1.82) is 0 Å². The van der Waals surface area contributed by atoms with Crippen LogP contribution >= 0.6 is 0 Å². The lowest BCUT2D eigenvalue weighted by Crippen LogP contribution is -2.05. The van der Waals surface area contributed by atoms with E-state index in [0.29, 0.717) is 12.2 Å². The van der Waals surface area contributed by atoms with E-state index in [1.807, 2.05) is 32.9 Å². The van der Waals surface area contributed by atoms with Gasteiger partial charge in [-0.3, -0.25) is 4.79 Å². The number of carbonyl (C=O) groups is 1. The van der Waals surface area contributed by atoms with Gasteiger partial charge in [-0.2, -0.15) is 0 Å². The molecule has 1 aromatic heterocycles. The Kier molecular flexibility index (Phi) is 3.14. The van der Waals surface area contributed by atoms with Gasteiger partial charge in [0.1, 0.15) is 0 Å². The van der Waals surface area contributed by atoms with Crippen LogP contribution < -0.4 is 0 Å². The highest BCUT2D eigenvalue weighted by Gasteiger charge is 2.14.